The Bertz CT molecular complexity index is 3030. The summed E-state index contributed by atoms with van der Waals surface area (Å²) in [6.07, 6.45) is 0. The Hall–Kier alpha value is -7.39. The number of hydrogen-bond donors (Lipinski definition) is 9. The van der Waals surface area contributed by atoms with Crippen molar-refractivity contribution in [3.63, 3.8) is 0 Å². The molecule has 0 aliphatic rings. The summed E-state index contributed by atoms with van der Waals surface area (Å²) in [6.45, 7) is -0.255. The molecule has 6 rings (SSSR count). The van der Waals surface area contributed by atoms with Crippen LogP contribution in [0.1, 0.15) is 10.4 Å². The third-order valence-electron chi connectivity index (χ3n) is 7.95. The molecule has 66 heavy (non-hydrogen) atoms. The van der Waals surface area contributed by atoms with Crippen LogP contribution in [0, 0.1) is 24.8 Å². The zero-order chi connectivity index (χ0) is 49.0. The van der Waals surface area contributed by atoms with Crippen LogP contribution < -0.4 is 33.6 Å². The third kappa shape index (κ3) is 14.1. The second kappa shape index (κ2) is 22.0. The number of carboxylic acids is 1. The number of nitroso groups, excluding NO2 is 3. The number of hydrogen-bond acceptors (Lipinski definition) is 24. The minimum Gasteiger partial charge on any atom is -0.478 e. The molecule has 6 aromatic rings. The van der Waals surface area contributed by atoms with Gasteiger partial charge in [-0.1, -0.05) is 6.07 Å². The number of non-ortho nitro benzene ring substituents is 1. The first-order chi connectivity index (χ1) is 31.0. The van der Waals surface area contributed by atoms with E-state index < -0.39 is 46.9 Å². The molecular weight excluding hydrogens is 978 g/mol. The van der Waals surface area contributed by atoms with Crippen molar-refractivity contribution in [1.29, 1.82) is 0 Å². The van der Waals surface area contributed by atoms with Crippen molar-refractivity contribution in [2.24, 2.45) is 13.7 Å². The number of carboxylic acid groups (broad SMARTS) is 1. The van der Waals surface area contributed by atoms with Gasteiger partial charge in [-0.05, 0) is 84.4 Å². The van der Waals surface area contributed by atoms with Crippen molar-refractivity contribution >= 4 is 123 Å². The Balaban J connectivity index is 0.000000253. The predicted molar refractivity (Wildman–Crippen MR) is 247 cm³/mol. The van der Waals surface area contributed by atoms with Crippen molar-refractivity contribution in [3.8, 4) is 0 Å². The van der Waals surface area contributed by atoms with E-state index >= 15 is 0 Å². The first kappa shape index (κ1) is 51.2. The van der Waals surface area contributed by atoms with Gasteiger partial charge in [-0.3, -0.25) is 23.4 Å². The molecule has 1 heterocycles. The van der Waals surface area contributed by atoms with Crippen LogP contribution in [0.4, 0.5) is 51.7 Å². The van der Waals surface area contributed by atoms with E-state index in [0.29, 0.717) is 32.7 Å². The summed E-state index contributed by atoms with van der Waals surface area (Å²) in [5.41, 5.74) is 23.9. The van der Waals surface area contributed by atoms with Crippen molar-refractivity contribution < 1.29 is 44.9 Å². The molecule has 13 N–H and O–H groups in total. The molecule has 0 spiro atoms. The molecule has 27 nitrogen and oxygen atoms in total. The van der Waals surface area contributed by atoms with Crippen LogP contribution in [-0.2, 0) is 24.4 Å². The first-order valence-corrected chi connectivity index (χ1v) is 23.1. The fourth-order valence-corrected chi connectivity index (χ4v) is 7.78. The van der Waals surface area contributed by atoms with Crippen LogP contribution in [0.15, 0.2) is 119 Å². The molecule has 5 aromatic carbocycles. The van der Waals surface area contributed by atoms with Crippen LogP contribution in [0.5, 0.6) is 0 Å². The maximum atomic E-state index is 11.6. The number of carbonyl (C=O) groups is 1. The van der Waals surface area contributed by atoms with Gasteiger partial charge >= 0.3 is 5.97 Å². The van der Waals surface area contributed by atoms with E-state index in [1.54, 1.807) is 12.1 Å². The number of nitro benzene ring substituents is 1. The van der Waals surface area contributed by atoms with Gasteiger partial charge in [0.15, 0.2) is 0 Å². The van der Waals surface area contributed by atoms with Gasteiger partial charge in [-0.2, -0.15) is 31.8 Å². The Labute approximate surface area is 382 Å². The minimum atomic E-state index is -4.46. The standard InChI is InChI=1S/C20H16ClN7O5S.C8H10N4O7S3.C6H6N2O2/c21-18-26-19(28-20(27-18)25-16-5-1-9(22)7-13(16)17(29)30)24-15-6-4-14(23)11-3-2-10(8-12(11)15)34(31,32)33;9-7-2-1-6(5-8(7)21(16,17)18)20-4-3-19-22(10-13,11-14)12-15;7-5-1-3-6(4-2-5)8(9)10/h1-8H,22-23H2,(H,29,30)(H,31,32,33)(H2,24,25,26,27,28);1-2,5H,3-4,9H2,(H,16,17,18);1-4H,7H2. The van der Waals surface area contributed by atoms with E-state index in [4.69, 9.17) is 39.1 Å². The summed E-state index contributed by atoms with van der Waals surface area (Å²) < 4.78 is 74.9. The summed E-state index contributed by atoms with van der Waals surface area (Å²) >= 11 is 7.09. The highest BCUT2D eigenvalue weighted by atomic mass is 35.5. The lowest BCUT2D eigenvalue weighted by Gasteiger charge is -2.13. The third-order valence-corrected chi connectivity index (χ3v) is 11.9. The number of nitrogens with one attached hydrogen (secondary N) is 2. The number of thioether (sulfide) groups is 1. The molecule has 0 atom stereocenters. The van der Waals surface area contributed by atoms with Gasteiger partial charge in [-0.25, -0.2) is 4.79 Å². The first-order valence-electron chi connectivity index (χ1n) is 17.4. The molecule has 0 saturated carbocycles. The van der Waals surface area contributed by atoms with Crippen molar-refractivity contribution in [2.45, 2.75) is 14.7 Å². The Morgan fingerprint density at radius 3 is 1.88 bits per heavy atom. The molecular formula is C34H32ClN13O14S4. The van der Waals surface area contributed by atoms with Gasteiger partial charge in [0.25, 0.3) is 36.8 Å². The molecule has 348 valence electrons. The lowest BCUT2D eigenvalue weighted by atomic mass is 10.1. The second-order valence-corrected chi connectivity index (χ2v) is 18.3. The minimum absolute atomic E-state index is 0.0295. The molecule has 0 aliphatic heterocycles. The summed E-state index contributed by atoms with van der Waals surface area (Å²) in [6, 6.07) is 21.0. The predicted octanol–water partition coefficient (Wildman–Crippen LogP) is 6.84. The number of rotatable bonds is 16. The van der Waals surface area contributed by atoms with E-state index in [9.17, 15) is 56.1 Å². The largest absolute Gasteiger partial charge is 0.478 e. The quantitative estimate of drug-likeness (QED) is 0.00910. The summed E-state index contributed by atoms with van der Waals surface area (Å²) in [7, 11) is -12.7. The fraction of sp³-hybridized carbons (Fsp3) is 0.0588. The van der Waals surface area contributed by atoms with Gasteiger partial charge in [0.1, 0.15) is 4.90 Å². The topological polar surface area (TPSA) is 454 Å². The highest BCUT2D eigenvalue weighted by Crippen LogP contribution is 2.53. The second-order valence-electron chi connectivity index (χ2n) is 12.4. The summed E-state index contributed by atoms with van der Waals surface area (Å²) in [5, 5.41) is 25.9. The SMILES string of the molecule is Nc1ccc(Nc2nc(Cl)nc(Nc3ccc(N)c4ccc(S(=O)(=O)O)cc34)n2)c(C(=O)O)c1.Nc1ccc(SCCOS(N=O)(N=O)N=O)cc1S(=O)(=O)O.Nc1ccc([N+](=O)[O-])cc1. The maximum Gasteiger partial charge on any atom is 0.337 e. The monoisotopic (exact) mass is 1010 g/mol. The number of nitrogen functional groups attached to an aromatic ring is 4. The zero-order valence-electron chi connectivity index (χ0n) is 32.9. The Kier molecular flexibility index (Phi) is 17.1. The highest BCUT2D eigenvalue weighted by molar-refractivity contribution is 8.26. The molecule has 0 radical (unpaired) electrons. The molecule has 0 saturated heterocycles. The fourth-order valence-electron chi connectivity index (χ4n) is 5.01. The Morgan fingerprint density at radius 1 is 0.742 bits per heavy atom. The zero-order valence-corrected chi connectivity index (χ0v) is 36.9. The number of nitro groups is 1. The van der Waals surface area contributed by atoms with E-state index in [-0.39, 0.29) is 62.7 Å². The van der Waals surface area contributed by atoms with Crippen LogP contribution in [0.2, 0.25) is 5.28 Å². The summed E-state index contributed by atoms with van der Waals surface area (Å²) in [5.74, 6) is -1.17. The lowest BCUT2D eigenvalue weighted by Crippen LogP contribution is -2.08. The van der Waals surface area contributed by atoms with Crippen LogP contribution in [-0.4, -0.2) is 69.3 Å². The molecule has 0 bridgehead atoms. The number of benzene rings is 5. The summed E-state index contributed by atoms with van der Waals surface area (Å²) in [4.78, 5) is 63.9. The van der Waals surface area contributed by atoms with Crippen LogP contribution in [0.25, 0.3) is 10.8 Å². The van der Waals surface area contributed by atoms with Gasteiger partial charge < -0.3 is 38.7 Å². The van der Waals surface area contributed by atoms with Crippen molar-refractivity contribution in [2.75, 3.05) is 45.9 Å². The highest BCUT2D eigenvalue weighted by Gasteiger charge is 2.29. The van der Waals surface area contributed by atoms with E-state index in [0.717, 1.165) is 17.8 Å². The number of aromatic nitrogens is 3. The normalized spacial score (nSPS) is 11.4. The molecule has 32 heteroatoms. The van der Waals surface area contributed by atoms with E-state index in [1.165, 1.54) is 72.8 Å². The van der Waals surface area contributed by atoms with E-state index in [2.05, 4.69) is 43.5 Å². The van der Waals surface area contributed by atoms with Crippen LogP contribution >= 0.6 is 34.2 Å². The Morgan fingerprint density at radius 2 is 1.32 bits per heavy atom. The number of anilines is 8. The number of fused-ring (bicyclic) bond motifs is 1. The molecule has 0 unspecified atom stereocenters. The average molecular weight is 1010 g/mol. The van der Waals surface area contributed by atoms with Gasteiger partial charge in [0.05, 0.1) is 47.1 Å². The van der Waals surface area contributed by atoms with Gasteiger partial charge in [-0.15, -0.1) is 26.5 Å². The molecule has 0 aliphatic carbocycles. The molecule has 1 aromatic heterocycles. The number of halogens is 1. The maximum absolute atomic E-state index is 11.6. The van der Waals surface area contributed by atoms with Crippen molar-refractivity contribution in [3.05, 3.63) is 127 Å². The van der Waals surface area contributed by atoms with E-state index in [1.807, 2.05) is 0 Å². The van der Waals surface area contributed by atoms with Crippen molar-refractivity contribution in [1.82, 2.24) is 15.0 Å². The molecule has 0 amide bonds. The number of aromatic carboxylic acids is 1. The number of nitrogens with two attached hydrogens (primary N) is 4. The van der Waals surface area contributed by atoms with Gasteiger partial charge in [0, 0.05) is 56.3 Å². The number of nitrogens with zero attached hydrogens (tertiary/aromatic N) is 7. The molecule has 0 fully saturated rings. The lowest BCUT2D eigenvalue weighted by molar-refractivity contribution is -0.384. The van der Waals surface area contributed by atoms with Crippen LogP contribution in [0.3, 0.4) is 0 Å². The average Bonchev–Trinajstić information content (AvgIpc) is 3.25. The van der Waals surface area contributed by atoms with Gasteiger partial charge in [0.2, 0.25) is 17.2 Å². The smallest absolute Gasteiger partial charge is 0.337 e.